The quantitative estimate of drug-likeness (QED) is 0.791. The number of benzene rings is 1. The number of amides is 1. The van der Waals surface area contributed by atoms with Crippen molar-refractivity contribution >= 4 is 5.91 Å². The van der Waals surface area contributed by atoms with Gasteiger partial charge in [0, 0.05) is 18.4 Å². The molecular formula is C20H24N4O. The van der Waals surface area contributed by atoms with E-state index in [2.05, 4.69) is 28.0 Å². The zero-order chi connectivity index (χ0) is 18.1. The molecule has 0 radical (unpaired) electrons. The van der Waals surface area contributed by atoms with Crippen molar-refractivity contribution in [3.63, 3.8) is 0 Å². The molecule has 0 saturated heterocycles. The molecule has 0 fully saturated rings. The predicted molar refractivity (Wildman–Crippen MR) is 99.1 cm³/mol. The second kappa shape index (κ2) is 6.59. The van der Waals surface area contributed by atoms with Crippen LogP contribution in [0.25, 0.3) is 5.82 Å². The fraction of sp³-hybridized carbons (Fsp3) is 0.300. The van der Waals surface area contributed by atoms with E-state index in [0.29, 0.717) is 5.56 Å². The smallest absolute Gasteiger partial charge is 0.257 e. The van der Waals surface area contributed by atoms with Gasteiger partial charge in [-0.2, -0.15) is 5.10 Å². The number of nitrogens with one attached hydrogen (secondary N) is 1. The van der Waals surface area contributed by atoms with E-state index >= 15 is 0 Å². The molecule has 1 aromatic carbocycles. The van der Waals surface area contributed by atoms with E-state index in [4.69, 9.17) is 0 Å². The first-order valence-corrected chi connectivity index (χ1v) is 8.44. The second-order valence-electron chi connectivity index (χ2n) is 6.51. The average molecular weight is 336 g/mol. The zero-order valence-corrected chi connectivity index (χ0v) is 15.4. The summed E-state index contributed by atoms with van der Waals surface area (Å²) in [5.74, 6) is 0.667. The molecule has 0 bridgehead atoms. The van der Waals surface area contributed by atoms with Crippen molar-refractivity contribution in [3.05, 3.63) is 70.7 Å². The highest BCUT2D eigenvalue weighted by Gasteiger charge is 2.21. The summed E-state index contributed by atoms with van der Waals surface area (Å²) in [5, 5.41) is 7.41. The van der Waals surface area contributed by atoms with E-state index in [1.54, 1.807) is 10.9 Å². The molecule has 2 heterocycles. The molecule has 2 aromatic heterocycles. The van der Waals surface area contributed by atoms with E-state index < -0.39 is 0 Å². The van der Waals surface area contributed by atoms with Crippen LogP contribution >= 0.6 is 0 Å². The molecule has 0 saturated carbocycles. The van der Waals surface area contributed by atoms with Crippen LogP contribution in [-0.4, -0.2) is 20.3 Å². The molecule has 130 valence electrons. The molecule has 0 unspecified atom stereocenters. The molecule has 5 heteroatoms. The van der Waals surface area contributed by atoms with E-state index in [1.165, 1.54) is 5.56 Å². The van der Waals surface area contributed by atoms with Crippen LogP contribution in [0.2, 0.25) is 0 Å². The monoisotopic (exact) mass is 336 g/mol. The summed E-state index contributed by atoms with van der Waals surface area (Å²) in [5.41, 5.74) is 5.00. The Hall–Kier alpha value is -2.82. The first-order valence-electron chi connectivity index (χ1n) is 8.44. The van der Waals surface area contributed by atoms with E-state index in [0.717, 1.165) is 22.8 Å². The van der Waals surface area contributed by atoms with Crippen molar-refractivity contribution in [3.8, 4) is 5.82 Å². The van der Waals surface area contributed by atoms with Crippen molar-refractivity contribution in [2.75, 3.05) is 0 Å². The second-order valence-corrected chi connectivity index (χ2v) is 6.51. The van der Waals surface area contributed by atoms with Crippen molar-refractivity contribution in [1.29, 1.82) is 0 Å². The largest absolute Gasteiger partial charge is 0.345 e. The minimum atomic E-state index is -0.119. The van der Waals surface area contributed by atoms with Gasteiger partial charge in [0.25, 0.3) is 5.91 Å². The summed E-state index contributed by atoms with van der Waals surface area (Å²) in [4.78, 5) is 12.9. The van der Waals surface area contributed by atoms with Gasteiger partial charge in [-0.1, -0.05) is 24.3 Å². The Balaban J connectivity index is 1.93. The lowest BCUT2D eigenvalue weighted by Crippen LogP contribution is -2.28. The first-order chi connectivity index (χ1) is 11.9. The van der Waals surface area contributed by atoms with Gasteiger partial charge in [0.15, 0.2) is 0 Å². The summed E-state index contributed by atoms with van der Waals surface area (Å²) in [6.07, 6.45) is 1.63. The summed E-state index contributed by atoms with van der Waals surface area (Å²) < 4.78 is 3.80. The number of aromatic nitrogens is 3. The lowest BCUT2D eigenvalue weighted by Gasteiger charge is -2.17. The highest BCUT2D eigenvalue weighted by Crippen LogP contribution is 2.22. The molecule has 3 rings (SSSR count). The zero-order valence-electron chi connectivity index (χ0n) is 15.4. The topological polar surface area (TPSA) is 51.9 Å². The van der Waals surface area contributed by atoms with Gasteiger partial charge in [-0.3, -0.25) is 9.48 Å². The molecule has 3 aromatic rings. The maximum absolute atomic E-state index is 12.9. The molecule has 1 N–H and O–H groups in total. The highest BCUT2D eigenvalue weighted by atomic mass is 16.1. The Morgan fingerprint density at radius 2 is 1.72 bits per heavy atom. The van der Waals surface area contributed by atoms with Gasteiger partial charge in [0.05, 0.1) is 12.2 Å². The Morgan fingerprint density at radius 1 is 1.08 bits per heavy atom. The summed E-state index contributed by atoms with van der Waals surface area (Å²) in [7, 11) is 1.86. The number of hydrogen-bond acceptors (Lipinski definition) is 2. The molecule has 0 aliphatic rings. The van der Waals surface area contributed by atoms with Gasteiger partial charge >= 0.3 is 0 Å². The summed E-state index contributed by atoms with van der Waals surface area (Å²) >= 11 is 0. The van der Waals surface area contributed by atoms with Crippen LogP contribution in [-0.2, 0) is 7.05 Å². The van der Waals surface area contributed by atoms with Gasteiger partial charge in [0.2, 0.25) is 0 Å². The third-order valence-corrected chi connectivity index (χ3v) is 4.64. The van der Waals surface area contributed by atoms with E-state index in [-0.39, 0.29) is 11.9 Å². The predicted octanol–water partition coefficient (Wildman–Crippen LogP) is 3.63. The molecule has 1 atom stereocenters. The van der Waals surface area contributed by atoms with Crippen molar-refractivity contribution < 1.29 is 4.79 Å². The molecule has 0 aliphatic heterocycles. The molecule has 1 amide bonds. The highest BCUT2D eigenvalue weighted by molar-refractivity contribution is 5.97. The van der Waals surface area contributed by atoms with Crippen LogP contribution in [0.3, 0.4) is 0 Å². The third-order valence-electron chi connectivity index (χ3n) is 4.64. The minimum Gasteiger partial charge on any atom is -0.345 e. The minimum absolute atomic E-state index is 0.0754. The molecule has 0 spiro atoms. The van der Waals surface area contributed by atoms with E-state index in [9.17, 15) is 4.79 Å². The van der Waals surface area contributed by atoms with Crippen molar-refractivity contribution in [2.45, 2.75) is 33.7 Å². The SMILES string of the molecule is Cc1ccccc1[C@H](C)NC(=O)c1cnn(C)c1-n1c(C)ccc1C. The fourth-order valence-electron chi connectivity index (χ4n) is 3.28. The van der Waals surface area contributed by atoms with Gasteiger partial charge < -0.3 is 9.88 Å². The Labute approximate surface area is 148 Å². The van der Waals surface area contributed by atoms with Gasteiger partial charge in [-0.05, 0) is 51.0 Å². The molecular weight excluding hydrogens is 312 g/mol. The first kappa shape index (κ1) is 17.0. The normalized spacial score (nSPS) is 12.2. The average Bonchev–Trinajstić information content (AvgIpc) is 3.10. The fourth-order valence-corrected chi connectivity index (χ4v) is 3.28. The Bertz CT molecular complexity index is 900. The summed E-state index contributed by atoms with van der Waals surface area (Å²) in [6.45, 7) is 8.11. The van der Waals surface area contributed by atoms with Crippen molar-refractivity contribution in [2.24, 2.45) is 7.05 Å². The third kappa shape index (κ3) is 3.09. The van der Waals surface area contributed by atoms with Crippen LogP contribution in [0.5, 0.6) is 0 Å². The maximum Gasteiger partial charge on any atom is 0.257 e. The van der Waals surface area contributed by atoms with Gasteiger partial charge in [-0.25, -0.2) is 0 Å². The Kier molecular flexibility index (Phi) is 4.49. The Morgan fingerprint density at radius 3 is 2.36 bits per heavy atom. The van der Waals surface area contributed by atoms with Crippen LogP contribution in [0.15, 0.2) is 42.6 Å². The van der Waals surface area contributed by atoms with Crippen molar-refractivity contribution in [1.82, 2.24) is 19.7 Å². The standard InChI is InChI=1S/C20H24N4O/c1-13-8-6-7-9-17(13)16(4)22-19(25)18-12-21-23(5)20(18)24-14(2)10-11-15(24)3/h6-12,16H,1-5H3,(H,22,25)/t16-/m0/s1. The maximum atomic E-state index is 12.9. The molecule has 5 nitrogen and oxygen atoms in total. The molecule has 0 aliphatic carbocycles. The van der Waals surface area contributed by atoms with Crippen LogP contribution in [0, 0.1) is 20.8 Å². The van der Waals surface area contributed by atoms with Gasteiger partial charge in [-0.15, -0.1) is 0 Å². The van der Waals surface area contributed by atoms with Gasteiger partial charge in [0.1, 0.15) is 11.4 Å². The number of nitrogens with zero attached hydrogens (tertiary/aromatic N) is 3. The van der Waals surface area contributed by atoms with Crippen LogP contribution < -0.4 is 5.32 Å². The number of hydrogen-bond donors (Lipinski definition) is 1. The lowest BCUT2D eigenvalue weighted by atomic mass is 10.0. The molecule has 25 heavy (non-hydrogen) atoms. The number of rotatable bonds is 4. The number of aryl methyl sites for hydroxylation is 4. The van der Waals surface area contributed by atoms with E-state index in [1.807, 2.05) is 58.2 Å². The summed E-state index contributed by atoms with van der Waals surface area (Å²) in [6, 6.07) is 12.1. The van der Waals surface area contributed by atoms with Crippen LogP contribution in [0.4, 0.5) is 0 Å². The lowest BCUT2D eigenvalue weighted by molar-refractivity contribution is 0.0939. The van der Waals surface area contributed by atoms with Crippen LogP contribution in [0.1, 0.15) is 45.8 Å². The number of carbonyl (C=O) groups excluding carboxylic acids is 1. The number of carbonyl (C=O) groups is 1.